The van der Waals surface area contributed by atoms with Crippen molar-refractivity contribution in [3.63, 3.8) is 0 Å². The third kappa shape index (κ3) is 1.94. The molecule has 0 aromatic heterocycles. The molecular weight excluding hydrogens is 180 g/mol. The predicted octanol–water partition coefficient (Wildman–Crippen LogP) is 4.44. The second kappa shape index (κ2) is 4.31. The Morgan fingerprint density at radius 1 is 1.13 bits per heavy atom. The monoisotopic (exact) mass is 196 g/mol. The summed E-state index contributed by atoms with van der Waals surface area (Å²) in [5, 5.41) is 2.62. The molecule has 0 saturated heterocycles. The number of hydrogen-bond donors (Lipinski definition) is 0. The summed E-state index contributed by atoms with van der Waals surface area (Å²) >= 11 is 0. The van der Waals surface area contributed by atoms with Gasteiger partial charge in [-0.2, -0.15) is 0 Å². The van der Waals surface area contributed by atoms with Gasteiger partial charge >= 0.3 is 0 Å². The van der Waals surface area contributed by atoms with E-state index in [0.717, 1.165) is 6.42 Å². The first kappa shape index (κ1) is 9.97. The summed E-state index contributed by atoms with van der Waals surface area (Å²) in [7, 11) is 0. The molecule has 0 heterocycles. The summed E-state index contributed by atoms with van der Waals surface area (Å²) in [6, 6.07) is 13.0. The molecule has 0 saturated carbocycles. The van der Waals surface area contributed by atoms with Crippen LogP contribution >= 0.6 is 0 Å². The average Bonchev–Trinajstić information content (AvgIpc) is 2.28. The van der Waals surface area contributed by atoms with Gasteiger partial charge in [-0.3, -0.25) is 0 Å². The van der Waals surface area contributed by atoms with Gasteiger partial charge in [-0.25, -0.2) is 0 Å². The van der Waals surface area contributed by atoms with Crippen LogP contribution in [0, 0.1) is 0 Å². The minimum Gasteiger partial charge on any atom is -0.0985 e. The number of rotatable bonds is 3. The summed E-state index contributed by atoms with van der Waals surface area (Å²) in [4.78, 5) is 0. The van der Waals surface area contributed by atoms with Crippen molar-refractivity contribution in [2.24, 2.45) is 0 Å². The van der Waals surface area contributed by atoms with Gasteiger partial charge in [0.05, 0.1) is 0 Å². The maximum Gasteiger partial charge on any atom is -0.0178 e. The number of fused-ring (bicyclic) bond motifs is 1. The molecule has 0 spiro atoms. The van der Waals surface area contributed by atoms with E-state index in [-0.39, 0.29) is 0 Å². The molecule has 0 nitrogen and oxygen atoms in total. The highest BCUT2D eigenvalue weighted by molar-refractivity contribution is 5.85. The molecule has 2 aromatic carbocycles. The molecule has 0 fully saturated rings. The van der Waals surface area contributed by atoms with Crippen molar-refractivity contribution in [1.82, 2.24) is 0 Å². The van der Waals surface area contributed by atoms with E-state index in [0.29, 0.717) is 0 Å². The van der Waals surface area contributed by atoms with Gasteiger partial charge in [-0.15, -0.1) is 0 Å². The Morgan fingerprint density at radius 2 is 1.80 bits per heavy atom. The Bertz CT molecular complexity index is 480. The Hall–Kier alpha value is -1.56. The molecule has 0 amide bonds. The third-order valence-corrected chi connectivity index (χ3v) is 2.75. The average molecular weight is 196 g/mol. The maximum atomic E-state index is 3.88. The van der Waals surface area contributed by atoms with Crippen LogP contribution in [0.2, 0.25) is 0 Å². The lowest BCUT2D eigenvalue weighted by atomic mass is 9.98. The summed E-state index contributed by atoms with van der Waals surface area (Å²) in [5.41, 5.74) is 2.68. The second-order valence-corrected chi connectivity index (χ2v) is 3.85. The predicted molar refractivity (Wildman–Crippen MR) is 68.0 cm³/mol. The minimum atomic E-state index is 1.13. The number of aryl methyl sites for hydroxylation is 1. The molecule has 0 radical (unpaired) electrons. The van der Waals surface area contributed by atoms with Crippen LogP contribution in [-0.4, -0.2) is 0 Å². The quantitative estimate of drug-likeness (QED) is 0.681. The van der Waals surface area contributed by atoms with E-state index in [2.05, 4.69) is 49.9 Å². The van der Waals surface area contributed by atoms with E-state index in [1.165, 1.54) is 28.3 Å². The second-order valence-electron chi connectivity index (χ2n) is 3.85. The zero-order valence-electron chi connectivity index (χ0n) is 9.16. The highest BCUT2D eigenvalue weighted by atomic mass is 14.1. The van der Waals surface area contributed by atoms with Crippen molar-refractivity contribution >= 4 is 16.8 Å². The lowest BCUT2D eigenvalue weighted by molar-refractivity contribution is 0.921. The molecule has 0 heteroatoms. The van der Waals surface area contributed by atoms with E-state index in [1.807, 2.05) is 6.08 Å². The molecular formula is C15H16. The van der Waals surface area contributed by atoms with Crippen molar-refractivity contribution in [1.29, 1.82) is 0 Å². The van der Waals surface area contributed by atoms with Gasteiger partial charge < -0.3 is 0 Å². The normalized spacial score (nSPS) is 10.5. The Morgan fingerprint density at radius 3 is 2.40 bits per heavy atom. The lowest BCUT2D eigenvalue weighted by Crippen LogP contribution is -1.88. The van der Waals surface area contributed by atoms with E-state index in [1.54, 1.807) is 0 Å². The van der Waals surface area contributed by atoms with Crippen molar-refractivity contribution in [3.05, 3.63) is 54.1 Å². The third-order valence-electron chi connectivity index (χ3n) is 2.75. The zero-order chi connectivity index (χ0) is 10.7. The largest absolute Gasteiger partial charge is 0.0985 e. The molecule has 2 aromatic rings. The Balaban J connectivity index is 2.63. The molecule has 0 aliphatic rings. The molecule has 0 N–H and O–H groups in total. The van der Waals surface area contributed by atoms with Crippen LogP contribution in [-0.2, 0) is 6.42 Å². The van der Waals surface area contributed by atoms with Gasteiger partial charge in [0, 0.05) is 0 Å². The highest BCUT2D eigenvalue weighted by Crippen LogP contribution is 2.22. The summed E-state index contributed by atoms with van der Waals surface area (Å²) in [6.07, 6.45) is 4.27. The Labute approximate surface area is 91.2 Å². The van der Waals surface area contributed by atoms with Crippen molar-refractivity contribution < 1.29 is 0 Å². The molecule has 76 valence electrons. The fraction of sp³-hybridized carbons (Fsp3) is 0.200. The molecule has 15 heavy (non-hydrogen) atoms. The van der Waals surface area contributed by atoms with E-state index >= 15 is 0 Å². The highest BCUT2D eigenvalue weighted by Gasteiger charge is 2.01. The molecule has 2 rings (SSSR count). The molecule has 0 unspecified atom stereocenters. The molecule has 0 bridgehead atoms. The summed E-state index contributed by atoms with van der Waals surface area (Å²) < 4.78 is 0. The smallest absolute Gasteiger partial charge is 0.0178 e. The first-order chi connectivity index (χ1) is 7.35. The van der Waals surface area contributed by atoms with Crippen molar-refractivity contribution in [2.45, 2.75) is 19.8 Å². The first-order valence-corrected chi connectivity index (χ1v) is 5.49. The lowest BCUT2D eigenvalue weighted by Gasteiger charge is -2.07. The van der Waals surface area contributed by atoms with E-state index in [9.17, 15) is 0 Å². The van der Waals surface area contributed by atoms with Gasteiger partial charge in [0.15, 0.2) is 0 Å². The number of hydrogen-bond acceptors (Lipinski definition) is 0. The Kier molecular flexibility index (Phi) is 2.86. The van der Waals surface area contributed by atoms with Gasteiger partial charge in [0.2, 0.25) is 0 Å². The fourth-order valence-electron chi connectivity index (χ4n) is 1.98. The fourth-order valence-corrected chi connectivity index (χ4v) is 1.98. The summed E-state index contributed by atoms with van der Waals surface area (Å²) in [5.74, 6) is 0. The van der Waals surface area contributed by atoms with Crippen molar-refractivity contribution in [3.8, 4) is 0 Å². The van der Waals surface area contributed by atoms with Crippen LogP contribution in [0.4, 0.5) is 0 Å². The van der Waals surface area contributed by atoms with Gasteiger partial charge in [0.25, 0.3) is 0 Å². The molecule has 0 aliphatic carbocycles. The van der Waals surface area contributed by atoms with Crippen LogP contribution in [0.3, 0.4) is 0 Å². The van der Waals surface area contributed by atoms with Crippen LogP contribution in [0.5, 0.6) is 0 Å². The summed E-state index contributed by atoms with van der Waals surface area (Å²) in [6.45, 7) is 6.09. The first-order valence-electron chi connectivity index (χ1n) is 5.49. The van der Waals surface area contributed by atoms with Crippen molar-refractivity contribution in [2.75, 3.05) is 0 Å². The van der Waals surface area contributed by atoms with Crippen LogP contribution in [0.25, 0.3) is 16.8 Å². The number of benzene rings is 2. The molecule has 0 aliphatic heterocycles. The minimum absolute atomic E-state index is 1.13. The van der Waals surface area contributed by atoms with Crippen LogP contribution in [0.1, 0.15) is 24.5 Å². The van der Waals surface area contributed by atoms with Gasteiger partial charge in [0.1, 0.15) is 0 Å². The molecule has 0 atom stereocenters. The van der Waals surface area contributed by atoms with Crippen LogP contribution in [0.15, 0.2) is 43.0 Å². The maximum absolute atomic E-state index is 3.88. The zero-order valence-corrected chi connectivity index (χ0v) is 9.16. The van der Waals surface area contributed by atoms with Crippen LogP contribution < -0.4 is 0 Å². The van der Waals surface area contributed by atoms with Gasteiger partial charge in [-0.05, 0) is 34.4 Å². The van der Waals surface area contributed by atoms with E-state index in [4.69, 9.17) is 0 Å². The topological polar surface area (TPSA) is 0 Å². The SMILES string of the molecule is C=Cc1cc2ccccc2cc1CCC. The van der Waals surface area contributed by atoms with E-state index < -0.39 is 0 Å². The standard InChI is InChI=1S/C15H16/c1-3-7-13-11-15-9-6-5-8-14(15)10-12(13)4-2/h4-6,8-11H,2-3,7H2,1H3. The van der Waals surface area contributed by atoms with Gasteiger partial charge in [-0.1, -0.05) is 56.3 Å².